The van der Waals surface area contributed by atoms with Crippen LogP contribution in [0, 0.1) is 11.3 Å². The molecule has 4 rings (SSSR count). The van der Waals surface area contributed by atoms with E-state index in [0.717, 1.165) is 5.56 Å². The monoisotopic (exact) mass is 360 g/mol. The molecule has 0 amide bonds. The van der Waals surface area contributed by atoms with Crippen LogP contribution in [0.2, 0.25) is 5.02 Å². The van der Waals surface area contributed by atoms with Gasteiger partial charge in [0.15, 0.2) is 0 Å². The number of nitriles is 1. The number of nitrogens with one attached hydrogen (secondary N) is 1. The Morgan fingerprint density at radius 2 is 2.16 bits per heavy atom. The number of hydrogen-bond donors (Lipinski definition) is 1. The van der Waals surface area contributed by atoms with E-state index in [2.05, 4.69) is 23.1 Å². The van der Waals surface area contributed by atoms with Gasteiger partial charge in [-0.15, -0.1) is 0 Å². The number of halogens is 3. The van der Waals surface area contributed by atoms with Crippen LogP contribution in [0.4, 0.5) is 8.78 Å². The third-order valence-corrected chi connectivity index (χ3v) is 5.29. The van der Waals surface area contributed by atoms with Gasteiger partial charge in [-0.3, -0.25) is 4.68 Å². The molecule has 128 valence electrons. The topological polar surface area (TPSA) is 53.6 Å². The highest BCUT2D eigenvalue weighted by Crippen LogP contribution is 2.52. The zero-order valence-corrected chi connectivity index (χ0v) is 14.1. The van der Waals surface area contributed by atoms with Crippen molar-refractivity contribution in [2.75, 3.05) is 6.54 Å². The summed E-state index contributed by atoms with van der Waals surface area (Å²) in [5.41, 5.74) is 2.26. The van der Waals surface area contributed by atoms with Gasteiger partial charge in [0.05, 0.1) is 11.2 Å². The Bertz CT molecular complexity index is 918. The number of rotatable bonds is 2. The van der Waals surface area contributed by atoms with Gasteiger partial charge in [0.25, 0.3) is 5.92 Å². The van der Waals surface area contributed by atoms with Gasteiger partial charge in [-0.1, -0.05) is 36.4 Å². The lowest BCUT2D eigenvalue weighted by Gasteiger charge is -2.50. The lowest BCUT2D eigenvalue weighted by atomic mass is 9.72. The number of nitrogens with zero attached hydrogens (tertiary/aromatic N) is 3. The van der Waals surface area contributed by atoms with Gasteiger partial charge in [0, 0.05) is 36.5 Å². The van der Waals surface area contributed by atoms with E-state index in [-0.39, 0.29) is 12.8 Å². The van der Waals surface area contributed by atoms with E-state index in [1.54, 1.807) is 22.9 Å². The first-order chi connectivity index (χ1) is 11.9. The molecule has 0 radical (unpaired) electrons. The Hall–Kier alpha value is -2.23. The summed E-state index contributed by atoms with van der Waals surface area (Å²) in [5.74, 6) is -2.68. The van der Waals surface area contributed by atoms with Crippen molar-refractivity contribution in [3.05, 3.63) is 46.6 Å². The summed E-state index contributed by atoms with van der Waals surface area (Å²) in [6, 6.07) is 7.52. The summed E-state index contributed by atoms with van der Waals surface area (Å²) in [6.07, 6.45) is 1.12. The van der Waals surface area contributed by atoms with Crippen molar-refractivity contribution in [3.8, 4) is 17.3 Å². The predicted octanol–water partition coefficient (Wildman–Crippen LogP) is 3.95. The molecule has 7 heteroatoms. The van der Waals surface area contributed by atoms with Gasteiger partial charge in [-0.2, -0.15) is 10.4 Å². The van der Waals surface area contributed by atoms with Gasteiger partial charge >= 0.3 is 0 Å². The van der Waals surface area contributed by atoms with Crippen LogP contribution in [0.5, 0.6) is 0 Å². The first-order valence-electron chi connectivity index (χ1n) is 7.92. The molecule has 1 aromatic carbocycles. The second kappa shape index (κ2) is 5.38. The fraction of sp³-hybridized carbons (Fsp3) is 0.333. The third kappa shape index (κ3) is 2.38. The molecule has 0 saturated heterocycles. The molecule has 2 heterocycles. The molecule has 1 N–H and O–H groups in total. The van der Waals surface area contributed by atoms with Gasteiger partial charge in [-0.05, 0) is 11.6 Å². The van der Waals surface area contributed by atoms with Gasteiger partial charge in [0.1, 0.15) is 17.3 Å². The molecule has 2 aliphatic rings. The van der Waals surface area contributed by atoms with Crippen molar-refractivity contribution < 1.29 is 8.78 Å². The molecule has 25 heavy (non-hydrogen) atoms. The number of hydrogen-bond acceptors (Lipinski definition) is 3. The minimum atomic E-state index is -2.68. The lowest BCUT2D eigenvalue weighted by Crippen LogP contribution is -2.61. The highest BCUT2D eigenvalue weighted by molar-refractivity contribution is 6.32. The second-order valence-corrected chi connectivity index (χ2v) is 7.08. The smallest absolute Gasteiger partial charge is 0.252 e. The van der Waals surface area contributed by atoms with E-state index in [9.17, 15) is 14.0 Å². The van der Waals surface area contributed by atoms with Gasteiger partial charge in [0.2, 0.25) is 0 Å². The minimum Gasteiger partial charge on any atom is -0.309 e. The Morgan fingerprint density at radius 1 is 1.40 bits per heavy atom. The van der Waals surface area contributed by atoms with Crippen LogP contribution in [0.3, 0.4) is 0 Å². The molecule has 4 nitrogen and oxygen atoms in total. The summed E-state index contributed by atoms with van der Waals surface area (Å²) in [6.45, 7) is 4.56. The van der Waals surface area contributed by atoms with E-state index < -0.39 is 11.5 Å². The van der Waals surface area contributed by atoms with E-state index in [4.69, 9.17) is 11.6 Å². The van der Waals surface area contributed by atoms with Crippen LogP contribution < -0.4 is 5.32 Å². The predicted molar refractivity (Wildman–Crippen MR) is 91.3 cm³/mol. The fourth-order valence-electron chi connectivity index (χ4n) is 3.84. The molecule has 1 spiro atoms. The molecule has 1 aromatic heterocycles. The largest absolute Gasteiger partial charge is 0.309 e. The lowest BCUT2D eigenvalue weighted by molar-refractivity contribution is -0.158. The highest BCUT2D eigenvalue weighted by Gasteiger charge is 2.59. The van der Waals surface area contributed by atoms with Crippen LogP contribution >= 0.6 is 11.6 Å². The summed E-state index contributed by atoms with van der Waals surface area (Å²) >= 11 is 6.23. The number of alkyl halides is 2. The maximum absolute atomic E-state index is 13.5. The quantitative estimate of drug-likeness (QED) is 0.882. The molecular formula is C18H15ClF2N4. The van der Waals surface area contributed by atoms with Gasteiger partial charge in [-0.25, -0.2) is 8.78 Å². The van der Waals surface area contributed by atoms with Crippen LogP contribution in [0.1, 0.15) is 29.7 Å². The average Bonchev–Trinajstić information content (AvgIpc) is 2.93. The average molecular weight is 361 g/mol. The van der Waals surface area contributed by atoms with Crippen molar-refractivity contribution in [3.63, 3.8) is 0 Å². The maximum atomic E-state index is 13.5. The second-order valence-electron chi connectivity index (χ2n) is 6.67. The molecule has 0 bridgehead atoms. The Balaban J connectivity index is 1.85. The zero-order chi connectivity index (χ0) is 17.8. The summed E-state index contributed by atoms with van der Waals surface area (Å²) < 4.78 is 28.7. The van der Waals surface area contributed by atoms with E-state index >= 15 is 0 Å². The summed E-state index contributed by atoms with van der Waals surface area (Å²) in [7, 11) is 0. The van der Waals surface area contributed by atoms with E-state index in [0.29, 0.717) is 40.6 Å². The third-order valence-electron chi connectivity index (χ3n) is 4.96. The molecule has 1 fully saturated rings. The van der Waals surface area contributed by atoms with Crippen LogP contribution in [0.25, 0.3) is 17.3 Å². The Labute approximate surface area is 148 Å². The fourth-order valence-corrected chi connectivity index (χ4v) is 4.10. The van der Waals surface area contributed by atoms with E-state index in [1.165, 1.54) is 0 Å². The molecule has 1 aliphatic heterocycles. The first-order valence-corrected chi connectivity index (χ1v) is 8.30. The van der Waals surface area contributed by atoms with Crippen LogP contribution in [-0.4, -0.2) is 22.2 Å². The molecule has 1 aliphatic carbocycles. The van der Waals surface area contributed by atoms with E-state index in [1.807, 2.05) is 6.07 Å². The van der Waals surface area contributed by atoms with Crippen molar-refractivity contribution in [1.29, 1.82) is 5.26 Å². The Morgan fingerprint density at radius 3 is 2.76 bits per heavy atom. The SMILES string of the molecule is C=Cc1ccc(-c2nn3c(c2C#N)CNCC32CC(F)(F)C2)cc1Cl. The molecule has 0 unspecified atom stereocenters. The molecule has 0 atom stereocenters. The standard InChI is InChI=1S/C18H15ClF2N4/c1-2-11-3-4-12(5-14(11)19)16-13(6-22)15-7-23-10-17(25(15)24-16)8-18(20,21)9-17/h2-5,23H,1,7-10H2. The zero-order valence-electron chi connectivity index (χ0n) is 13.3. The Kier molecular flexibility index (Phi) is 3.50. The normalized spacial score (nSPS) is 19.8. The van der Waals surface area contributed by atoms with Crippen molar-refractivity contribution in [2.24, 2.45) is 0 Å². The number of fused-ring (bicyclic) bond motifs is 2. The maximum Gasteiger partial charge on any atom is 0.252 e. The van der Waals surface area contributed by atoms with Crippen molar-refractivity contribution in [2.45, 2.75) is 30.8 Å². The van der Waals surface area contributed by atoms with Crippen LogP contribution in [0.15, 0.2) is 24.8 Å². The summed E-state index contributed by atoms with van der Waals surface area (Å²) in [4.78, 5) is 0. The minimum absolute atomic E-state index is 0.262. The number of benzene rings is 1. The first kappa shape index (κ1) is 16.2. The number of aromatic nitrogens is 2. The van der Waals surface area contributed by atoms with Gasteiger partial charge < -0.3 is 5.32 Å². The van der Waals surface area contributed by atoms with Crippen molar-refractivity contribution in [1.82, 2.24) is 15.1 Å². The highest BCUT2D eigenvalue weighted by atomic mass is 35.5. The molecule has 1 saturated carbocycles. The molecular weight excluding hydrogens is 346 g/mol. The van der Waals surface area contributed by atoms with Crippen LogP contribution in [-0.2, 0) is 12.1 Å². The molecule has 2 aromatic rings. The summed E-state index contributed by atoms with van der Waals surface area (Å²) in [5, 5.41) is 17.9. The van der Waals surface area contributed by atoms with Crippen molar-refractivity contribution >= 4 is 17.7 Å².